The van der Waals surface area contributed by atoms with Crippen LogP contribution in [0.2, 0.25) is 0 Å². The molecular weight excluding hydrogens is 470 g/mol. The molecule has 0 aliphatic carbocycles. The van der Waals surface area contributed by atoms with Crippen molar-refractivity contribution in [3.63, 3.8) is 0 Å². The highest BCUT2D eigenvalue weighted by Crippen LogP contribution is 2.29. The maximum absolute atomic E-state index is 13.5. The molecule has 0 aliphatic rings. The highest BCUT2D eigenvalue weighted by atomic mass is 16.5. The first kappa shape index (κ1) is 23.9. The Labute approximate surface area is 212 Å². The van der Waals surface area contributed by atoms with Crippen LogP contribution >= 0.6 is 0 Å². The molecule has 0 amide bonds. The molecule has 0 atom stereocenters. The van der Waals surface area contributed by atoms with E-state index in [0.29, 0.717) is 17.9 Å². The van der Waals surface area contributed by atoms with Gasteiger partial charge in [-0.2, -0.15) is 5.21 Å². The van der Waals surface area contributed by atoms with Crippen LogP contribution in [0.1, 0.15) is 39.9 Å². The Morgan fingerprint density at radius 1 is 1.05 bits per heavy atom. The molecule has 0 fully saturated rings. The molecular formula is C28H25N5O4. The fraction of sp³-hybridized carbons (Fsp3) is 0.179. The van der Waals surface area contributed by atoms with Crippen molar-refractivity contribution in [2.45, 2.75) is 26.2 Å². The fourth-order valence-corrected chi connectivity index (χ4v) is 4.17. The third-order valence-electron chi connectivity index (χ3n) is 6.05. The number of fused-ring (bicyclic) bond motifs is 1. The van der Waals surface area contributed by atoms with E-state index in [0.717, 1.165) is 24.8 Å². The normalized spacial score (nSPS) is 11.1. The Morgan fingerprint density at radius 2 is 1.84 bits per heavy atom. The number of aryl methyl sites for hydroxylation is 2. The number of rotatable bonds is 9. The Morgan fingerprint density at radius 3 is 2.57 bits per heavy atom. The van der Waals surface area contributed by atoms with Crippen molar-refractivity contribution in [1.82, 2.24) is 20.6 Å². The van der Waals surface area contributed by atoms with Crippen molar-refractivity contribution >= 4 is 22.4 Å². The Kier molecular flexibility index (Phi) is 6.76. The van der Waals surface area contributed by atoms with Gasteiger partial charge in [0.05, 0.1) is 17.6 Å². The van der Waals surface area contributed by atoms with Gasteiger partial charge in [0.2, 0.25) is 17.0 Å². The number of H-pyrrole nitrogens is 1. The Bertz CT molecular complexity index is 1590. The second kappa shape index (κ2) is 10.4. The molecule has 0 saturated carbocycles. The lowest BCUT2D eigenvalue weighted by molar-refractivity contribution is 0.103. The number of unbranched alkanes of at least 4 members (excludes halogenated alkanes) is 1. The first-order valence-electron chi connectivity index (χ1n) is 11.9. The molecule has 0 unspecified atom stereocenters. The quantitative estimate of drug-likeness (QED) is 0.225. The van der Waals surface area contributed by atoms with E-state index < -0.39 is 5.43 Å². The molecule has 0 spiro atoms. The van der Waals surface area contributed by atoms with Crippen LogP contribution in [0.4, 0.5) is 5.69 Å². The molecule has 0 radical (unpaired) electrons. The molecule has 37 heavy (non-hydrogen) atoms. The van der Waals surface area contributed by atoms with Gasteiger partial charge in [-0.1, -0.05) is 30.3 Å². The summed E-state index contributed by atoms with van der Waals surface area (Å²) in [7, 11) is 0. The Hall–Kier alpha value is -4.79. The monoisotopic (exact) mass is 495 g/mol. The Balaban J connectivity index is 1.33. The maximum atomic E-state index is 13.5. The second-order valence-corrected chi connectivity index (χ2v) is 8.74. The summed E-state index contributed by atoms with van der Waals surface area (Å²) in [6.07, 6.45) is 2.97. The van der Waals surface area contributed by atoms with Gasteiger partial charge < -0.3 is 14.9 Å². The van der Waals surface area contributed by atoms with E-state index in [1.54, 1.807) is 43.3 Å². The van der Waals surface area contributed by atoms with E-state index in [9.17, 15) is 9.59 Å². The highest BCUT2D eigenvalue weighted by molar-refractivity contribution is 6.15. The van der Waals surface area contributed by atoms with Crippen molar-refractivity contribution in [2.75, 3.05) is 12.3 Å². The molecule has 5 rings (SSSR count). The molecule has 186 valence electrons. The van der Waals surface area contributed by atoms with Gasteiger partial charge in [-0.3, -0.25) is 9.59 Å². The molecule has 9 nitrogen and oxygen atoms in total. The van der Waals surface area contributed by atoms with E-state index >= 15 is 0 Å². The van der Waals surface area contributed by atoms with Crippen LogP contribution in [-0.2, 0) is 6.42 Å². The first-order valence-corrected chi connectivity index (χ1v) is 11.9. The molecule has 0 bridgehead atoms. The van der Waals surface area contributed by atoms with E-state index in [1.165, 1.54) is 5.56 Å². The van der Waals surface area contributed by atoms with Crippen LogP contribution in [-0.4, -0.2) is 33.0 Å². The summed E-state index contributed by atoms with van der Waals surface area (Å²) < 4.78 is 11.8. The molecule has 9 heteroatoms. The average molecular weight is 496 g/mol. The number of nitrogens with one attached hydrogen (secondary N) is 1. The average Bonchev–Trinajstić information content (AvgIpc) is 3.46. The first-order chi connectivity index (χ1) is 18.0. The van der Waals surface area contributed by atoms with Gasteiger partial charge in [0, 0.05) is 5.56 Å². The van der Waals surface area contributed by atoms with Crippen LogP contribution in [0.15, 0.2) is 75.9 Å². The zero-order valence-corrected chi connectivity index (χ0v) is 20.2. The zero-order valence-electron chi connectivity index (χ0n) is 20.2. The van der Waals surface area contributed by atoms with Gasteiger partial charge in [-0.05, 0) is 78.9 Å². The van der Waals surface area contributed by atoms with Crippen molar-refractivity contribution in [2.24, 2.45) is 0 Å². The number of carbonyl (C=O) groups is 1. The van der Waals surface area contributed by atoms with Crippen LogP contribution in [0.25, 0.3) is 22.6 Å². The number of nitrogens with two attached hydrogens (primary N) is 1. The number of ether oxygens (including phenoxy) is 1. The molecule has 5 aromatic rings. The minimum absolute atomic E-state index is 0.0285. The number of nitrogen functional groups attached to an aromatic ring is 1. The number of ketones is 1. The lowest BCUT2D eigenvalue weighted by Crippen LogP contribution is -2.13. The number of aromatic amines is 1. The summed E-state index contributed by atoms with van der Waals surface area (Å²) in [6.45, 7) is 2.39. The lowest BCUT2D eigenvalue weighted by atomic mass is 9.98. The molecule has 3 aromatic carbocycles. The van der Waals surface area contributed by atoms with Gasteiger partial charge in [-0.15, -0.1) is 10.2 Å². The van der Waals surface area contributed by atoms with Crippen molar-refractivity contribution in [3.05, 3.63) is 99.2 Å². The van der Waals surface area contributed by atoms with Gasteiger partial charge in [0.15, 0.2) is 5.78 Å². The molecule has 2 heterocycles. The van der Waals surface area contributed by atoms with E-state index in [-0.39, 0.29) is 39.6 Å². The van der Waals surface area contributed by atoms with Crippen LogP contribution < -0.4 is 15.9 Å². The predicted octanol–water partition coefficient (Wildman–Crippen LogP) is 4.50. The summed E-state index contributed by atoms with van der Waals surface area (Å²) in [5.74, 6) is 0.375. The predicted molar refractivity (Wildman–Crippen MR) is 140 cm³/mol. The van der Waals surface area contributed by atoms with Gasteiger partial charge in [0.25, 0.3) is 0 Å². The third-order valence-corrected chi connectivity index (χ3v) is 6.05. The summed E-state index contributed by atoms with van der Waals surface area (Å²) in [5.41, 5.74) is 8.23. The second-order valence-electron chi connectivity index (χ2n) is 8.74. The minimum atomic E-state index is -0.463. The minimum Gasteiger partial charge on any atom is -0.494 e. The van der Waals surface area contributed by atoms with Gasteiger partial charge in [-0.25, -0.2) is 0 Å². The zero-order chi connectivity index (χ0) is 25.8. The number of hydrogen-bond donors (Lipinski definition) is 2. The summed E-state index contributed by atoms with van der Waals surface area (Å²) in [4.78, 5) is 26.4. The maximum Gasteiger partial charge on any atom is 0.242 e. The van der Waals surface area contributed by atoms with E-state index in [1.807, 2.05) is 18.2 Å². The third kappa shape index (κ3) is 5.11. The number of hydrogen-bond acceptors (Lipinski definition) is 8. The summed E-state index contributed by atoms with van der Waals surface area (Å²) in [5, 5.41) is 13.7. The van der Waals surface area contributed by atoms with Crippen molar-refractivity contribution in [1.29, 1.82) is 0 Å². The number of benzene rings is 3. The summed E-state index contributed by atoms with van der Waals surface area (Å²) >= 11 is 0. The smallest absolute Gasteiger partial charge is 0.242 e. The lowest BCUT2D eigenvalue weighted by Gasteiger charge is -2.10. The molecule has 3 N–H and O–H groups in total. The van der Waals surface area contributed by atoms with Gasteiger partial charge in [0.1, 0.15) is 17.0 Å². The van der Waals surface area contributed by atoms with Gasteiger partial charge >= 0.3 is 0 Å². The van der Waals surface area contributed by atoms with Crippen LogP contribution in [0.5, 0.6) is 5.75 Å². The number of aromatic nitrogens is 4. The number of nitrogens with zero attached hydrogens (tertiary/aromatic N) is 3. The summed E-state index contributed by atoms with van der Waals surface area (Å²) in [6, 6.07) is 20.6. The van der Waals surface area contributed by atoms with Crippen molar-refractivity contribution in [3.8, 4) is 17.3 Å². The molecule has 2 aromatic heterocycles. The number of anilines is 1. The largest absolute Gasteiger partial charge is 0.494 e. The highest BCUT2D eigenvalue weighted by Gasteiger charge is 2.22. The molecule has 0 saturated heterocycles. The number of carbonyl (C=O) groups excluding carboxylic acids is 1. The fourth-order valence-electron chi connectivity index (χ4n) is 4.17. The van der Waals surface area contributed by atoms with E-state index in [4.69, 9.17) is 14.9 Å². The van der Waals surface area contributed by atoms with Crippen molar-refractivity contribution < 1.29 is 13.9 Å². The topological polar surface area (TPSA) is 137 Å². The number of tetrazole rings is 1. The van der Waals surface area contributed by atoms with Crippen LogP contribution in [0.3, 0.4) is 0 Å². The van der Waals surface area contributed by atoms with Crippen LogP contribution in [0, 0.1) is 6.92 Å². The molecule has 0 aliphatic heterocycles. The SMILES string of the molecule is Cc1cc(C(=O)c2ccc(OCCCCc3ccccc3)cc2)c2oc(-c3nn[nH]n3)c(N)c(=O)c2c1. The van der Waals surface area contributed by atoms with E-state index in [2.05, 4.69) is 32.8 Å². The standard InChI is InChI=1S/C28H25N5O4/c1-17-15-21(26-22(16-17)25(35)23(29)27(37-26)28-30-32-33-31-28)24(34)19-10-12-20(13-11-19)36-14-6-5-9-18-7-3-2-4-8-18/h2-4,7-8,10-13,15-16H,5-6,9,14,29H2,1H3,(H,30,31,32,33).